The Morgan fingerprint density at radius 2 is 1.85 bits per heavy atom. The molecule has 0 radical (unpaired) electrons. The number of fused-ring (bicyclic) bond motifs is 1. The highest BCUT2D eigenvalue weighted by Crippen LogP contribution is 2.45. The molecule has 2 aromatic carbocycles. The van der Waals surface area contributed by atoms with Crippen LogP contribution in [-0.4, -0.2) is 17.5 Å². The third-order valence-corrected chi connectivity index (χ3v) is 5.35. The number of esters is 1. The van der Waals surface area contributed by atoms with Gasteiger partial charge in [0, 0.05) is 27.4 Å². The smallest absolute Gasteiger partial charge is 0.322 e. The predicted molar refractivity (Wildman–Crippen MR) is 101 cm³/mol. The number of hydrogen-bond acceptors (Lipinski definition) is 4. The van der Waals surface area contributed by atoms with Crippen LogP contribution in [0.3, 0.4) is 0 Å². The van der Waals surface area contributed by atoms with Crippen molar-refractivity contribution in [2.24, 2.45) is 11.8 Å². The van der Waals surface area contributed by atoms with Crippen LogP contribution < -0.4 is 4.74 Å². The molecule has 26 heavy (non-hydrogen) atoms. The van der Waals surface area contributed by atoms with Crippen LogP contribution in [0.2, 0.25) is 0 Å². The van der Waals surface area contributed by atoms with Gasteiger partial charge in [-0.3, -0.25) is 14.4 Å². The maximum absolute atomic E-state index is 13.2. The monoisotopic (exact) mass is 414 g/mol. The first kappa shape index (κ1) is 18.5. The van der Waals surface area contributed by atoms with Crippen molar-refractivity contribution in [2.45, 2.75) is 26.2 Å². The minimum atomic E-state index is -0.977. The Morgan fingerprint density at radius 1 is 1.15 bits per heavy atom. The molecular formula is C21H19BrO4. The summed E-state index contributed by atoms with van der Waals surface area (Å²) in [6.45, 7) is 3.28. The predicted octanol–water partition coefficient (Wildman–Crippen LogP) is 4.57. The highest BCUT2D eigenvalue weighted by Gasteiger charge is 2.46. The van der Waals surface area contributed by atoms with E-state index in [1.165, 1.54) is 6.92 Å². The van der Waals surface area contributed by atoms with E-state index >= 15 is 0 Å². The number of halogens is 1. The molecule has 3 atom stereocenters. The largest absolute Gasteiger partial charge is 0.426 e. The van der Waals surface area contributed by atoms with Crippen molar-refractivity contribution in [1.29, 1.82) is 0 Å². The molecule has 0 amide bonds. The molecule has 0 N–H and O–H groups in total. The molecule has 1 heterocycles. The summed E-state index contributed by atoms with van der Waals surface area (Å²) in [7, 11) is 0. The zero-order chi connectivity index (χ0) is 18.8. The van der Waals surface area contributed by atoms with Crippen LogP contribution in [-0.2, 0) is 9.59 Å². The summed E-state index contributed by atoms with van der Waals surface area (Å²) in [4.78, 5) is 37.9. The fourth-order valence-electron chi connectivity index (χ4n) is 3.66. The van der Waals surface area contributed by atoms with E-state index in [-0.39, 0.29) is 11.6 Å². The number of Topliss-reactive ketones (excluding diaryl/α,β-unsaturated/α-hetero) is 2. The molecule has 0 aromatic heterocycles. The molecule has 0 saturated carbocycles. The molecule has 134 valence electrons. The zero-order valence-electron chi connectivity index (χ0n) is 14.6. The van der Waals surface area contributed by atoms with Gasteiger partial charge in [-0.25, -0.2) is 0 Å². The highest BCUT2D eigenvalue weighted by atomic mass is 79.9. The molecule has 1 aliphatic rings. The summed E-state index contributed by atoms with van der Waals surface area (Å²) in [6.07, 6.45) is 0.515. The fourth-order valence-corrected chi connectivity index (χ4v) is 4.04. The summed E-state index contributed by atoms with van der Waals surface area (Å²) >= 11 is 3.43. The maximum Gasteiger partial charge on any atom is 0.322 e. The number of ketones is 2. The lowest BCUT2D eigenvalue weighted by Crippen LogP contribution is -2.41. The third kappa shape index (κ3) is 3.36. The van der Waals surface area contributed by atoms with Gasteiger partial charge in [-0.05, 0) is 31.5 Å². The molecule has 1 aliphatic heterocycles. The fraction of sp³-hybridized carbons (Fsp3) is 0.286. The lowest BCUT2D eigenvalue weighted by atomic mass is 9.70. The van der Waals surface area contributed by atoms with Crippen LogP contribution in [0.15, 0.2) is 53.0 Å². The van der Waals surface area contributed by atoms with Gasteiger partial charge in [-0.15, -0.1) is 0 Å². The second kappa shape index (κ2) is 7.54. The van der Waals surface area contributed by atoms with E-state index in [9.17, 15) is 14.4 Å². The van der Waals surface area contributed by atoms with Crippen molar-refractivity contribution in [3.05, 3.63) is 64.1 Å². The van der Waals surface area contributed by atoms with Gasteiger partial charge in [0.25, 0.3) is 0 Å². The van der Waals surface area contributed by atoms with E-state index in [4.69, 9.17) is 4.74 Å². The van der Waals surface area contributed by atoms with E-state index in [1.807, 2.05) is 31.2 Å². The number of carbonyl (C=O) groups is 3. The van der Waals surface area contributed by atoms with Gasteiger partial charge in [0.2, 0.25) is 0 Å². The van der Waals surface area contributed by atoms with Gasteiger partial charge in [-0.2, -0.15) is 0 Å². The van der Waals surface area contributed by atoms with Crippen molar-refractivity contribution in [2.75, 3.05) is 0 Å². The second-order valence-corrected chi connectivity index (χ2v) is 7.38. The Bertz CT molecular complexity index is 860. The van der Waals surface area contributed by atoms with E-state index in [2.05, 4.69) is 15.9 Å². The van der Waals surface area contributed by atoms with Crippen molar-refractivity contribution in [3.63, 3.8) is 0 Å². The van der Waals surface area contributed by atoms with Crippen molar-refractivity contribution < 1.29 is 19.1 Å². The first-order chi connectivity index (χ1) is 12.4. The molecule has 0 unspecified atom stereocenters. The van der Waals surface area contributed by atoms with Crippen LogP contribution in [0, 0.1) is 11.8 Å². The Balaban J connectivity index is 2.14. The van der Waals surface area contributed by atoms with Gasteiger partial charge >= 0.3 is 5.97 Å². The summed E-state index contributed by atoms with van der Waals surface area (Å²) in [5.74, 6) is -2.54. The molecule has 4 nitrogen and oxygen atoms in total. The second-order valence-electron chi connectivity index (χ2n) is 6.46. The molecule has 0 aliphatic carbocycles. The lowest BCUT2D eigenvalue weighted by molar-refractivity contribution is -0.146. The Hall–Kier alpha value is -2.27. The molecule has 3 rings (SSSR count). The average molecular weight is 415 g/mol. The molecule has 0 bridgehead atoms. The van der Waals surface area contributed by atoms with Crippen molar-refractivity contribution >= 4 is 33.5 Å². The molecular weight excluding hydrogens is 396 g/mol. The minimum Gasteiger partial charge on any atom is -0.426 e. The Morgan fingerprint density at radius 3 is 2.46 bits per heavy atom. The quantitative estimate of drug-likeness (QED) is 0.311. The van der Waals surface area contributed by atoms with E-state index in [0.717, 1.165) is 10.0 Å². The Labute approximate surface area is 160 Å². The zero-order valence-corrected chi connectivity index (χ0v) is 16.2. The number of carbonyl (C=O) groups excluding carboxylic acids is 3. The van der Waals surface area contributed by atoms with Crippen LogP contribution in [0.1, 0.15) is 42.1 Å². The number of benzene rings is 2. The topological polar surface area (TPSA) is 60.4 Å². The molecule has 2 aromatic rings. The lowest BCUT2D eigenvalue weighted by Gasteiger charge is -2.35. The summed E-state index contributed by atoms with van der Waals surface area (Å²) in [6, 6.07) is 14.3. The van der Waals surface area contributed by atoms with Gasteiger partial charge in [0.05, 0.1) is 0 Å². The first-order valence-corrected chi connectivity index (χ1v) is 9.34. The van der Waals surface area contributed by atoms with Crippen LogP contribution in [0.25, 0.3) is 0 Å². The van der Waals surface area contributed by atoms with E-state index < -0.39 is 23.7 Å². The normalized spacial score (nSPS) is 20.0. The highest BCUT2D eigenvalue weighted by molar-refractivity contribution is 9.10. The number of rotatable bonds is 5. The first-order valence-electron chi connectivity index (χ1n) is 8.55. The van der Waals surface area contributed by atoms with Gasteiger partial charge in [0.1, 0.15) is 17.5 Å². The molecule has 5 heteroatoms. The van der Waals surface area contributed by atoms with Crippen LogP contribution in [0.4, 0.5) is 0 Å². The van der Waals surface area contributed by atoms with Gasteiger partial charge in [0.15, 0.2) is 5.78 Å². The molecule has 0 fully saturated rings. The van der Waals surface area contributed by atoms with Crippen LogP contribution in [0.5, 0.6) is 5.75 Å². The van der Waals surface area contributed by atoms with Crippen molar-refractivity contribution in [1.82, 2.24) is 0 Å². The third-order valence-electron chi connectivity index (χ3n) is 4.86. The summed E-state index contributed by atoms with van der Waals surface area (Å²) < 4.78 is 6.19. The number of ether oxygens (including phenoxy) is 1. The molecule has 0 spiro atoms. The summed E-state index contributed by atoms with van der Waals surface area (Å²) in [5.41, 5.74) is 1.30. The summed E-state index contributed by atoms with van der Waals surface area (Å²) in [5, 5.41) is 0. The standard InChI is InChI=1S/C21H19BrO4/c1-3-15(20(24)13-7-5-4-6-8-13)19-16-11-14(22)9-10-17(16)26-21(25)18(19)12(2)23/h4-11,15,18-19H,3H2,1-2H3/t15-,18-,19-/m0/s1. The average Bonchev–Trinajstić information content (AvgIpc) is 2.63. The van der Waals surface area contributed by atoms with Gasteiger partial charge in [-0.1, -0.05) is 53.2 Å². The number of hydrogen-bond donors (Lipinski definition) is 0. The SMILES string of the molecule is CC[C@H](C(=O)c1ccccc1)[C@H]1c2cc(Br)ccc2OC(=O)[C@H]1C(C)=O. The van der Waals surface area contributed by atoms with E-state index in [1.54, 1.807) is 24.3 Å². The Kier molecular flexibility index (Phi) is 5.37. The maximum atomic E-state index is 13.2. The minimum absolute atomic E-state index is 0.0648. The van der Waals surface area contributed by atoms with Crippen LogP contribution >= 0.6 is 15.9 Å². The van der Waals surface area contributed by atoms with E-state index in [0.29, 0.717) is 17.7 Å². The van der Waals surface area contributed by atoms with Gasteiger partial charge < -0.3 is 4.74 Å². The van der Waals surface area contributed by atoms with Crippen molar-refractivity contribution in [3.8, 4) is 5.75 Å². The molecule has 0 saturated heterocycles.